The minimum Gasteiger partial charge on any atom is -0.460 e. The lowest BCUT2D eigenvalue weighted by Gasteiger charge is -2.35. The maximum atomic E-state index is 12.7. The number of hydrogen-bond acceptors (Lipinski definition) is 5. The van der Waals surface area contributed by atoms with Crippen molar-refractivity contribution < 1.29 is 19.1 Å². The quantitative estimate of drug-likeness (QED) is 0.420. The van der Waals surface area contributed by atoms with Crippen LogP contribution in [-0.4, -0.2) is 49.3 Å². The molecule has 27 heavy (non-hydrogen) atoms. The number of anilines is 1. The van der Waals surface area contributed by atoms with Crippen molar-refractivity contribution in [2.24, 2.45) is 0 Å². The zero-order valence-electron chi connectivity index (χ0n) is 16.0. The Balaban J connectivity index is 2.37. The van der Waals surface area contributed by atoms with Gasteiger partial charge in [0, 0.05) is 32.0 Å². The molecular weight excluding hydrogens is 366 g/mol. The fraction of sp³-hybridized carbons (Fsp3) is 0.421. The molecule has 0 aliphatic carbocycles. The number of methoxy groups -OCH3 is 1. The number of esters is 1. The molecule has 0 radical (unpaired) electrons. The molecule has 1 aromatic rings. The second-order valence-corrected chi connectivity index (χ2v) is 6.48. The molecule has 0 spiro atoms. The second kappa shape index (κ2) is 9.48. The van der Waals surface area contributed by atoms with E-state index in [1.54, 1.807) is 32.0 Å². The molecule has 8 heteroatoms. The highest BCUT2D eigenvalue weighted by Gasteiger charge is 2.33. The summed E-state index contributed by atoms with van der Waals surface area (Å²) in [6.07, 6.45) is 0.386. The summed E-state index contributed by atoms with van der Waals surface area (Å²) in [4.78, 5) is 26.1. The van der Waals surface area contributed by atoms with Crippen LogP contribution in [0.1, 0.15) is 31.9 Å². The third-order valence-corrected chi connectivity index (χ3v) is 4.71. The molecular formula is C19H25N3O4S. The molecule has 0 unspecified atom stereocenters. The summed E-state index contributed by atoms with van der Waals surface area (Å²) in [7, 11) is 3.34. The molecule has 2 rings (SSSR count). The zero-order valence-corrected chi connectivity index (χ0v) is 16.8. The lowest BCUT2D eigenvalue weighted by molar-refractivity contribution is -0.140. The molecule has 7 nitrogen and oxygen atoms in total. The lowest BCUT2D eigenvalue weighted by Crippen LogP contribution is -2.46. The number of thiocarbonyl (C=S) groups is 1. The van der Waals surface area contributed by atoms with Gasteiger partial charge in [-0.1, -0.05) is 19.1 Å². The third kappa shape index (κ3) is 5.05. The number of carbonyl (C=O) groups is 2. The van der Waals surface area contributed by atoms with E-state index in [0.717, 1.165) is 5.56 Å². The van der Waals surface area contributed by atoms with Crippen molar-refractivity contribution in [3.63, 3.8) is 0 Å². The minimum atomic E-state index is -0.470. The van der Waals surface area contributed by atoms with Crippen molar-refractivity contribution in [2.45, 2.75) is 26.3 Å². The summed E-state index contributed by atoms with van der Waals surface area (Å²) in [5.74, 6) is -0.510. The van der Waals surface area contributed by atoms with Gasteiger partial charge in [-0.25, -0.2) is 4.79 Å². The van der Waals surface area contributed by atoms with Crippen LogP contribution in [-0.2, 0) is 19.1 Å². The first-order valence-electron chi connectivity index (χ1n) is 8.69. The van der Waals surface area contributed by atoms with E-state index >= 15 is 0 Å². The van der Waals surface area contributed by atoms with Crippen molar-refractivity contribution >= 4 is 34.9 Å². The van der Waals surface area contributed by atoms with Crippen LogP contribution in [0, 0.1) is 0 Å². The molecule has 1 heterocycles. The smallest absolute Gasteiger partial charge is 0.338 e. The van der Waals surface area contributed by atoms with Crippen LogP contribution in [0.5, 0.6) is 0 Å². The number of amides is 1. The molecule has 0 aromatic heterocycles. The molecule has 0 saturated heterocycles. The predicted octanol–water partition coefficient (Wildman–Crippen LogP) is 2.36. The minimum absolute atomic E-state index is 0.0788. The first-order valence-corrected chi connectivity index (χ1v) is 9.10. The van der Waals surface area contributed by atoms with Gasteiger partial charge in [0.25, 0.3) is 0 Å². The fourth-order valence-electron chi connectivity index (χ4n) is 2.69. The summed E-state index contributed by atoms with van der Waals surface area (Å²) < 4.78 is 10.3. The maximum absolute atomic E-state index is 12.7. The first kappa shape index (κ1) is 20.9. The van der Waals surface area contributed by atoms with Crippen LogP contribution in [0.4, 0.5) is 5.69 Å². The second-order valence-electron chi connectivity index (χ2n) is 6.10. The average Bonchev–Trinajstić information content (AvgIpc) is 2.66. The van der Waals surface area contributed by atoms with Crippen molar-refractivity contribution in [2.75, 3.05) is 32.7 Å². The highest BCUT2D eigenvalue weighted by molar-refractivity contribution is 7.80. The van der Waals surface area contributed by atoms with E-state index in [4.69, 9.17) is 21.7 Å². The Hall–Kier alpha value is -2.45. The molecule has 1 aromatic carbocycles. The van der Waals surface area contributed by atoms with E-state index in [1.165, 1.54) is 0 Å². The molecule has 0 fully saturated rings. The number of nitrogens with zero attached hydrogens (tertiary/aromatic N) is 1. The van der Waals surface area contributed by atoms with Crippen LogP contribution in [0.2, 0.25) is 0 Å². The van der Waals surface area contributed by atoms with Gasteiger partial charge >= 0.3 is 5.97 Å². The number of benzene rings is 1. The van der Waals surface area contributed by atoms with E-state index in [2.05, 4.69) is 10.6 Å². The number of nitrogens with one attached hydrogen (secondary N) is 2. The Morgan fingerprint density at radius 2 is 2.07 bits per heavy atom. The Morgan fingerprint density at radius 3 is 2.74 bits per heavy atom. The summed E-state index contributed by atoms with van der Waals surface area (Å²) in [5.41, 5.74) is 2.66. The van der Waals surface area contributed by atoms with Crippen LogP contribution in [0.25, 0.3) is 0 Å². The highest BCUT2D eigenvalue weighted by Crippen LogP contribution is 2.31. The van der Waals surface area contributed by atoms with Gasteiger partial charge in [0.05, 0.1) is 18.2 Å². The Bertz CT molecular complexity index is 763. The molecule has 146 valence electrons. The number of hydrogen-bond donors (Lipinski definition) is 2. The van der Waals surface area contributed by atoms with Gasteiger partial charge in [0.1, 0.15) is 6.61 Å². The van der Waals surface area contributed by atoms with E-state index < -0.39 is 12.0 Å². The normalized spacial score (nSPS) is 16.8. The summed E-state index contributed by atoms with van der Waals surface area (Å²) in [6, 6.07) is 6.87. The first-order chi connectivity index (χ1) is 12.9. The van der Waals surface area contributed by atoms with Gasteiger partial charge in [-0.3, -0.25) is 4.79 Å². The topological polar surface area (TPSA) is 79.9 Å². The molecule has 2 N–H and O–H groups in total. The molecule has 1 aliphatic heterocycles. The highest BCUT2D eigenvalue weighted by atomic mass is 32.1. The van der Waals surface area contributed by atoms with Crippen molar-refractivity contribution in [3.8, 4) is 0 Å². The van der Waals surface area contributed by atoms with Crippen molar-refractivity contribution in [1.82, 2.24) is 10.2 Å². The van der Waals surface area contributed by atoms with E-state index in [1.807, 2.05) is 25.1 Å². The molecule has 1 aliphatic rings. The van der Waals surface area contributed by atoms with Crippen LogP contribution in [0.15, 0.2) is 35.5 Å². The van der Waals surface area contributed by atoms with Crippen LogP contribution in [0.3, 0.4) is 0 Å². The van der Waals surface area contributed by atoms with Gasteiger partial charge in [-0.2, -0.15) is 0 Å². The molecule has 1 atom stereocenters. The summed E-state index contributed by atoms with van der Waals surface area (Å²) in [6.45, 7) is 4.11. The van der Waals surface area contributed by atoms with Gasteiger partial charge in [0.2, 0.25) is 5.91 Å². The largest absolute Gasteiger partial charge is 0.460 e. The molecule has 0 saturated carbocycles. The lowest BCUT2D eigenvalue weighted by atomic mass is 9.95. The van der Waals surface area contributed by atoms with Crippen molar-refractivity contribution in [1.29, 1.82) is 0 Å². The fourth-order valence-corrected chi connectivity index (χ4v) is 2.95. The number of allylic oxidation sites excluding steroid dienone is 1. The third-order valence-electron chi connectivity index (χ3n) is 4.32. The SMILES string of the molecule is CCC(=O)Nc1cccc([C@@H]2NC(=S)N(C)C(C)=C2C(=O)OCCOC)c1. The van der Waals surface area contributed by atoms with Gasteiger partial charge in [0.15, 0.2) is 5.11 Å². The average molecular weight is 391 g/mol. The summed E-state index contributed by atoms with van der Waals surface area (Å²) in [5, 5.41) is 6.52. The van der Waals surface area contributed by atoms with Gasteiger partial charge in [-0.15, -0.1) is 0 Å². The number of ether oxygens (including phenoxy) is 2. The van der Waals surface area contributed by atoms with E-state index in [-0.39, 0.29) is 12.5 Å². The molecule has 1 amide bonds. The molecule has 0 bridgehead atoms. The van der Waals surface area contributed by atoms with Gasteiger partial charge in [-0.05, 0) is 36.8 Å². The van der Waals surface area contributed by atoms with E-state index in [9.17, 15) is 9.59 Å². The summed E-state index contributed by atoms with van der Waals surface area (Å²) >= 11 is 5.39. The number of carbonyl (C=O) groups excluding carboxylic acids is 2. The van der Waals surface area contributed by atoms with Crippen LogP contribution >= 0.6 is 12.2 Å². The monoisotopic (exact) mass is 391 g/mol. The van der Waals surface area contributed by atoms with Gasteiger partial charge < -0.3 is 25.0 Å². The number of rotatable bonds is 7. The van der Waals surface area contributed by atoms with Crippen LogP contribution < -0.4 is 10.6 Å². The Labute approximate surface area is 164 Å². The van der Waals surface area contributed by atoms with E-state index in [0.29, 0.717) is 35.1 Å². The van der Waals surface area contributed by atoms with Crippen molar-refractivity contribution in [3.05, 3.63) is 41.1 Å². The Morgan fingerprint density at radius 1 is 1.33 bits per heavy atom. The zero-order chi connectivity index (χ0) is 20.0. The predicted molar refractivity (Wildman–Crippen MR) is 107 cm³/mol. The maximum Gasteiger partial charge on any atom is 0.338 e. The standard InChI is InChI=1S/C19H25N3O4S/c1-5-15(23)20-14-8-6-7-13(11-14)17-16(18(24)26-10-9-25-4)12(2)22(3)19(27)21-17/h6-8,11,17H,5,9-10H2,1-4H3,(H,20,23)(H,21,27)/t17-/m0/s1. The Kier molecular flexibility index (Phi) is 7.32.